The zero-order valence-corrected chi connectivity index (χ0v) is 26.1. The molecule has 13 heteroatoms. The Balaban J connectivity index is 1.39. The van der Waals surface area contributed by atoms with Crippen molar-refractivity contribution in [2.24, 2.45) is 5.92 Å². The fraction of sp³-hybridized carbons (Fsp3) is 0.387. The molecular weight excluding hydrogens is 607 g/mol. The Morgan fingerprint density at radius 3 is 2.66 bits per heavy atom. The Bertz CT molecular complexity index is 1670. The van der Waals surface area contributed by atoms with Crippen molar-refractivity contribution in [3.63, 3.8) is 0 Å². The number of nitrogens with one attached hydrogen (secondary N) is 4. The van der Waals surface area contributed by atoms with Gasteiger partial charge in [-0.2, -0.15) is 4.98 Å². The van der Waals surface area contributed by atoms with Crippen molar-refractivity contribution in [1.29, 1.82) is 0 Å². The van der Waals surface area contributed by atoms with E-state index in [0.717, 1.165) is 28.6 Å². The van der Waals surface area contributed by atoms with Gasteiger partial charge in [0.1, 0.15) is 24.7 Å². The number of aryl methyl sites for hydroxylation is 2. The first-order valence-electron chi connectivity index (χ1n) is 14.4. The van der Waals surface area contributed by atoms with Crippen molar-refractivity contribution in [2.45, 2.75) is 64.6 Å². The third-order valence-corrected chi connectivity index (χ3v) is 8.55. The van der Waals surface area contributed by atoms with Gasteiger partial charge in [-0.25, -0.2) is 4.79 Å². The monoisotopic (exact) mass is 640 g/mol. The number of aromatic amines is 1. The van der Waals surface area contributed by atoms with Crippen molar-refractivity contribution >= 4 is 52.0 Å². The lowest BCUT2D eigenvalue weighted by Gasteiger charge is -2.38. The minimum Gasteiger partial charge on any atom is -0.445 e. The third-order valence-electron chi connectivity index (χ3n) is 8.03. The van der Waals surface area contributed by atoms with Crippen LogP contribution in [0.25, 0.3) is 10.9 Å². The average molecular weight is 642 g/mol. The fourth-order valence-electron chi connectivity index (χ4n) is 5.47. The van der Waals surface area contributed by atoms with Gasteiger partial charge in [0.05, 0.1) is 10.5 Å². The highest BCUT2D eigenvalue weighted by Crippen LogP contribution is 2.38. The first-order chi connectivity index (χ1) is 21.1. The van der Waals surface area contributed by atoms with Gasteiger partial charge in [-0.05, 0) is 48.9 Å². The molecular formula is C31H34Cl2N6O5. The summed E-state index contributed by atoms with van der Waals surface area (Å²) in [4.78, 5) is 47.7. The number of halogens is 2. The van der Waals surface area contributed by atoms with Crippen molar-refractivity contribution in [2.75, 3.05) is 6.54 Å². The number of benzene rings is 2. The maximum Gasteiger partial charge on any atom is 0.407 e. The molecule has 232 valence electrons. The number of hydrogen-bond donors (Lipinski definition) is 4. The lowest BCUT2D eigenvalue weighted by molar-refractivity contribution is -0.134. The maximum absolute atomic E-state index is 14.3. The van der Waals surface area contributed by atoms with Crippen LogP contribution in [0.3, 0.4) is 0 Å². The quantitative estimate of drug-likeness (QED) is 0.183. The van der Waals surface area contributed by atoms with Gasteiger partial charge >= 0.3 is 6.09 Å². The van der Waals surface area contributed by atoms with Crippen LogP contribution >= 0.6 is 23.2 Å². The summed E-state index contributed by atoms with van der Waals surface area (Å²) in [5, 5.41) is 14.1. The van der Waals surface area contributed by atoms with Crippen LogP contribution in [0.5, 0.6) is 0 Å². The van der Waals surface area contributed by atoms with E-state index in [4.69, 9.17) is 32.5 Å². The zero-order chi connectivity index (χ0) is 31.4. The Morgan fingerprint density at radius 1 is 1.18 bits per heavy atom. The van der Waals surface area contributed by atoms with E-state index < -0.39 is 36.0 Å². The molecule has 2 heterocycles. The molecule has 4 aromatic rings. The van der Waals surface area contributed by atoms with E-state index in [1.165, 1.54) is 0 Å². The van der Waals surface area contributed by atoms with E-state index in [9.17, 15) is 14.4 Å². The van der Waals surface area contributed by atoms with Crippen molar-refractivity contribution in [1.82, 2.24) is 31.1 Å². The van der Waals surface area contributed by atoms with E-state index in [1.807, 2.05) is 44.2 Å². The van der Waals surface area contributed by atoms with Crippen LogP contribution in [0.1, 0.15) is 61.3 Å². The van der Waals surface area contributed by atoms with E-state index >= 15 is 0 Å². The molecule has 2 aromatic heterocycles. The molecule has 44 heavy (non-hydrogen) atoms. The predicted molar refractivity (Wildman–Crippen MR) is 165 cm³/mol. The summed E-state index contributed by atoms with van der Waals surface area (Å²) in [5.41, 5.74) is 1.90. The van der Waals surface area contributed by atoms with E-state index in [1.54, 1.807) is 19.1 Å². The molecule has 0 bridgehead atoms. The number of ether oxygens (including phenoxy) is 1. The van der Waals surface area contributed by atoms with Crippen LogP contribution < -0.4 is 16.0 Å². The molecule has 11 nitrogen and oxygen atoms in total. The summed E-state index contributed by atoms with van der Waals surface area (Å²) in [6, 6.07) is 12.1. The number of amides is 3. The van der Waals surface area contributed by atoms with E-state index in [-0.39, 0.29) is 31.3 Å². The highest BCUT2D eigenvalue weighted by Gasteiger charge is 2.45. The van der Waals surface area contributed by atoms with Crippen LogP contribution in [0.2, 0.25) is 10.0 Å². The smallest absolute Gasteiger partial charge is 0.407 e. The van der Waals surface area contributed by atoms with Gasteiger partial charge < -0.3 is 30.2 Å². The molecule has 1 aliphatic carbocycles. The van der Waals surface area contributed by atoms with E-state index in [2.05, 4.69) is 31.1 Å². The number of nitrogens with zero attached hydrogens (tertiary/aromatic N) is 2. The number of fused-ring (bicyclic) bond motifs is 3. The summed E-state index contributed by atoms with van der Waals surface area (Å²) in [6.45, 7) is 5.35. The molecule has 4 N–H and O–H groups in total. The topological polar surface area (TPSA) is 151 Å². The summed E-state index contributed by atoms with van der Waals surface area (Å²) < 4.78 is 10.7. The maximum atomic E-state index is 14.3. The van der Waals surface area contributed by atoms with Gasteiger partial charge in [0.2, 0.25) is 17.7 Å². The molecule has 0 radical (unpaired) electrons. The number of carbonyl (C=O) groups is 3. The van der Waals surface area contributed by atoms with Gasteiger partial charge in [-0.1, -0.05) is 79.0 Å². The Kier molecular flexibility index (Phi) is 9.45. The Morgan fingerprint density at radius 2 is 1.95 bits per heavy atom. The lowest BCUT2D eigenvalue weighted by atomic mass is 9.78. The van der Waals surface area contributed by atoms with Gasteiger partial charge in [-0.15, -0.1) is 0 Å². The highest BCUT2D eigenvalue weighted by molar-refractivity contribution is 6.38. The first-order valence-corrected chi connectivity index (χ1v) is 15.2. The summed E-state index contributed by atoms with van der Waals surface area (Å²) >= 11 is 12.8. The Labute approximate surface area is 264 Å². The molecule has 3 amide bonds. The zero-order valence-electron chi connectivity index (χ0n) is 24.6. The number of aromatic nitrogens is 3. The van der Waals surface area contributed by atoms with Crippen LogP contribution in [-0.4, -0.2) is 45.1 Å². The van der Waals surface area contributed by atoms with Gasteiger partial charge in [0.25, 0.3) is 0 Å². The number of rotatable bonds is 10. The number of alkyl carbamates (subject to hydrolysis) is 1. The predicted octanol–water partition coefficient (Wildman–Crippen LogP) is 5.34. The first kappa shape index (κ1) is 31.3. The largest absolute Gasteiger partial charge is 0.445 e. The minimum absolute atomic E-state index is 0.0440. The van der Waals surface area contributed by atoms with E-state index in [0.29, 0.717) is 27.8 Å². The molecule has 0 saturated heterocycles. The molecule has 0 fully saturated rings. The number of carbonyl (C=O) groups excluding carboxylic acids is 3. The summed E-state index contributed by atoms with van der Waals surface area (Å²) in [7, 11) is 0. The second-order valence-electron chi connectivity index (χ2n) is 11.1. The highest BCUT2D eigenvalue weighted by atomic mass is 35.5. The molecule has 5 rings (SSSR count). The average Bonchev–Trinajstić information content (AvgIpc) is 3.61. The molecule has 2 aromatic carbocycles. The lowest BCUT2D eigenvalue weighted by Crippen LogP contribution is -2.63. The summed E-state index contributed by atoms with van der Waals surface area (Å²) in [6.07, 6.45) is 0.865. The number of H-pyrrole nitrogens is 1. The van der Waals surface area contributed by atoms with Crippen molar-refractivity contribution in [3.8, 4) is 0 Å². The molecule has 1 unspecified atom stereocenters. The molecule has 0 saturated carbocycles. The molecule has 0 aliphatic heterocycles. The number of hydrogen-bond acceptors (Lipinski definition) is 7. The van der Waals surface area contributed by atoms with Crippen LogP contribution in [0.4, 0.5) is 4.79 Å². The fourth-order valence-corrected chi connectivity index (χ4v) is 6.01. The van der Waals surface area contributed by atoms with Gasteiger partial charge in [0, 0.05) is 22.5 Å². The summed E-state index contributed by atoms with van der Waals surface area (Å²) in [5.74, 6) is -0.267. The van der Waals surface area contributed by atoms with Crippen LogP contribution in [0.15, 0.2) is 47.0 Å². The molecule has 0 spiro atoms. The minimum atomic E-state index is -1.37. The molecule has 3 atom stereocenters. The Hall–Kier alpha value is -4.09. The SMILES string of the molecule is CCC(C)[C@H](NC(=O)[C@]1(NC(=O)CNC(=O)OCc2ccccc2)CCc2[nH]c3c(Cl)cc(Cl)cc3c2C1)c1nc(C)no1. The van der Waals surface area contributed by atoms with Gasteiger partial charge in [-0.3, -0.25) is 9.59 Å². The van der Waals surface area contributed by atoms with Crippen molar-refractivity contribution in [3.05, 3.63) is 81.0 Å². The normalized spacial score (nSPS) is 17.4. The van der Waals surface area contributed by atoms with Crippen molar-refractivity contribution < 1.29 is 23.6 Å². The standard InChI is InChI=1S/C31H34Cl2N6O5/c1-4-17(2)26(28-35-18(3)39-44-28)37-29(41)31(38-25(40)15-34-30(42)43-16-19-8-6-5-7-9-19)11-10-24-22(14-31)21-12-20(32)13-23(33)27(21)36-24/h5-9,12-13,17,26,36H,4,10-11,14-16H2,1-3H3,(H,34,42)(H,37,41)(H,38,40)/t17?,26-,31-/m0/s1. The third kappa shape index (κ3) is 6.84. The van der Waals surface area contributed by atoms with Crippen LogP contribution in [-0.2, 0) is 33.8 Å². The second kappa shape index (κ2) is 13.3. The second-order valence-corrected chi connectivity index (χ2v) is 12.0. The molecule has 1 aliphatic rings. The van der Waals surface area contributed by atoms with Gasteiger partial charge in [0.15, 0.2) is 5.82 Å². The van der Waals surface area contributed by atoms with Crippen LogP contribution in [0, 0.1) is 12.8 Å².